The average Bonchev–Trinajstić information content (AvgIpc) is 2.86. The van der Waals surface area contributed by atoms with Crippen molar-refractivity contribution in [3.63, 3.8) is 0 Å². The molecule has 3 rings (SSSR count). The highest BCUT2D eigenvalue weighted by Crippen LogP contribution is 2.26. The van der Waals surface area contributed by atoms with Gasteiger partial charge in [0, 0.05) is 5.02 Å². The second-order valence-electron chi connectivity index (χ2n) is 5.30. The molecule has 0 unspecified atom stereocenters. The van der Waals surface area contributed by atoms with E-state index in [0.717, 1.165) is 9.65 Å². The van der Waals surface area contributed by atoms with Gasteiger partial charge in [-0.3, -0.25) is 0 Å². The normalized spacial score (nSPS) is 12.0. The Morgan fingerprint density at radius 1 is 1.05 bits per heavy atom. The first-order chi connectivity index (χ1) is 10.3. The van der Waals surface area contributed by atoms with Crippen molar-refractivity contribution in [3.05, 3.63) is 52.0 Å². The van der Waals surface area contributed by atoms with Crippen LogP contribution in [0.4, 0.5) is 0 Å². The molecule has 7 heteroatoms. The van der Waals surface area contributed by atoms with Crippen molar-refractivity contribution < 1.29 is 8.42 Å². The molecule has 0 atom stereocenters. The lowest BCUT2D eigenvalue weighted by atomic mass is 10.2. The van der Waals surface area contributed by atoms with Crippen LogP contribution in [0.3, 0.4) is 0 Å². The van der Waals surface area contributed by atoms with Gasteiger partial charge >= 0.3 is 0 Å². The summed E-state index contributed by atoms with van der Waals surface area (Å²) in [5, 5.41) is 8.31. The molecule has 1 aromatic heterocycles. The highest BCUT2D eigenvalue weighted by atomic mass is 35.5. The van der Waals surface area contributed by atoms with Crippen LogP contribution in [0.2, 0.25) is 5.02 Å². The average molecular weight is 336 g/mol. The van der Waals surface area contributed by atoms with Gasteiger partial charge in [-0.2, -0.15) is 8.42 Å². The molecular weight excluding hydrogens is 322 g/mol. The van der Waals surface area contributed by atoms with Gasteiger partial charge in [0.25, 0.3) is 10.0 Å². The highest BCUT2D eigenvalue weighted by molar-refractivity contribution is 7.90. The van der Waals surface area contributed by atoms with E-state index >= 15 is 0 Å². The summed E-state index contributed by atoms with van der Waals surface area (Å²) in [4.78, 5) is 0.182. The molecular formula is C15H14ClN3O2S. The first-order valence-electron chi connectivity index (χ1n) is 6.65. The zero-order valence-corrected chi connectivity index (χ0v) is 13.9. The summed E-state index contributed by atoms with van der Waals surface area (Å²) >= 11 is 6.04. The predicted molar refractivity (Wildman–Crippen MR) is 85.8 cm³/mol. The van der Waals surface area contributed by atoms with Crippen LogP contribution in [0.15, 0.2) is 35.2 Å². The van der Waals surface area contributed by atoms with Gasteiger partial charge < -0.3 is 0 Å². The minimum Gasteiger partial charge on any atom is -0.199 e. The molecule has 114 valence electrons. The second kappa shape index (κ2) is 5.07. The van der Waals surface area contributed by atoms with E-state index in [1.165, 1.54) is 0 Å². The monoisotopic (exact) mass is 335 g/mol. The number of aryl methyl sites for hydroxylation is 3. The Labute approximate surface area is 133 Å². The lowest BCUT2D eigenvalue weighted by Gasteiger charge is -2.10. The molecule has 0 N–H and O–H groups in total. The molecule has 0 spiro atoms. The van der Waals surface area contributed by atoms with Gasteiger partial charge in [0.2, 0.25) is 0 Å². The molecule has 0 aliphatic carbocycles. The van der Waals surface area contributed by atoms with E-state index in [9.17, 15) is 8.42 Å². The lowest BCUT2D eigenvalue weighted by molar-refractivity contribution is 0.579. The van der Waals surface area contributed by atoms with Crippen LogP contribution >= 0.6 is 11.6 Å². The van der Waals surface area contributed by atoms with Gasteiger partial charge in [-0.25, -0.2) is 0 Å². The van der Waals surface area contributed by atoms with Gasteiger partial charge in [0.05, 0.1) is 4.90 Å². The van der Waals surface area contributed by atoms with E-state index < -0.39 is 10.0 Å². The van der Waals surface area contributed by atoms with E-state index in [1.54, 1.807) is 38.1 Å². The summed E-state index contributed by atoms with van der Waals surface area (Å²) in [6.45, 7) is 5.39. The molecule has 1 heterocycles. The lowest BCUT2D eigenvalue weighted by Crippen LogP contribution is -2.16. The molecule has 0 saturated carbocycles. The van der Waals surface area contributed by atoms with E-state index in [4.69, 9.17) is 11.6 Å². The van der Waals surface area contributed by atoms with Gasteiger partial charge in [0.1, 0.15) is 11.0 Å². The third-order valence-corrected chi connectivity index (χ3v) is 5.66. The first-order valence-corrected chi connectivity index (χ1v) is 8.47. The second-order valence-corrected chi connectivity index (χ2v) is 7.44. The molecule has 0 saturated heterocycles. The molecule has 2 aromatic carbocycles. The molecule has 5 nitrogen and oxygen atoms in total. The smallest absolute Gasteiger partial charge is 0.199 e. The van der Waals surface area contributed by atoms with Crippen molar-refractivity contribution in [1.29, 1.82) is 0 Å². The number of benzene rings is 2. The molecule has 0 radical (unpaired) electrons. The third-order valence-electron chi connectivity index (χ3n) is 3.53. The Morgan fingerprint density at radius 3 is 2.50 bits per heavy atom. The summed E-state index contributed by atoms with van der Waals surface area (Å²) in [6, 6.07) is 8.55. The van der Waals surface area contributed by atoms with E-state index in [0.29, 0.717) is 27.2 Å². The maximum absolute atomic E-state index is 12.9. The molecule has 0 fully saturated rings. The summed E-state index contributed by atoms with van der Waals surface area (Å²) in [7, 11) is -3.82. The maximum Gasteiger partial charge on any atom is 0.285 e. The molecule has 3 aromatic rings. The summed E-state index contributed by atoms with van der Waals surface area (Å²) in [6.07, 6.45) is 0. The zero-order chi connectivity index (χ0) is 16.1. The fourth-order valence-electron chi connectivity index (χ4n) is 2.32. The Kier molecular flexibility index (Phi) is 3.45. The van der Waals surface area contributed by atoms with Crippen molar-refractivity contribution in [2.24, 2.45) is 0 Å². The van der Waals surface area contributed by atoms with Crippen LogP contribution in [0, 0.1) is 20.8 Å². The zero-order valence-electron chi connectivity index (χ0n) is 12.3. The van der Waals surface area contributed by atoms with Gasteiger partial charge in [0.15, 0.2) is 0 Å². The number of nitrogens with zero attached hydrogens (tertiary/aromatic N) is 3. The van der Waals surface area contributed by atoms with Gasteiger partial charge in [-0.1, -0.05) is 22.9 Å². The van der Waals surface area contributed by atoms with Crippen molar-refractivity contribution in [1.82, 2.24) is 14.4 Å². The van der Waals surface area contributed by atoms with Crippen LogP contribution in [0.25, 0.3) is 11.0 Å². The molecule has 0 aliphatic rings. The van der Waals surface area contributed by atoms with E-state index in [-0.39, 0.29) is 4.90 Å². The number of rotatable bonds is 2. The number of fused-ring (bicyclic) bond motifs is 1. The quantitative estimate of drug-likeness (QED) is 0.721. The number of aromatic nitrogens is 3. The molecule has 22 heavy (non-hydrogen) atoms. The minimum atomic E-state index is -3.82. The van der Waals surface area contributed by atoms with Crippen LogP contribution in [0.5, 0.6) is 0 Å². The Bertz CT molecular complexity index is 993. The van der Waals surface area contributed by atoms with E-state index in [2.05, 4.69) is 10.3 Å². The van der Waals surface area contributed by atoms with Crippen molar-refractivity contribution >= 4 is 32.7 Å². The molecule has 0 bridgehead atoms. The largest absolute Gasteiger partial charge is 0.285 e. The predicted octanol–water partition coefficient (Wildman–Crippen LogP) is 3.25. The van der Waals surface area contributed by atoms with Crippen LogP contribution in [-0.2, 0) is 10.0 Å². The van der Waals surface area contributed by atoms with Crippen molar-refractivity contribution in [2.75, 3.05) is 0 Å². The highest BCUT2D eigenvalue weighted by Gasteiger charge is 2.24. The minimum absolute atomic E-state index is 0.182. The Hall–Kier alpha value is -1.92. The topological polar surface area (TPSA) is 64.8 Å². The number of hydrogen-bond acceptors (Lipinski definition) is 4. The van der Waals surface area contributed by atoms with Crippen molar-refractivity contribution in [3.8, 4) is 0 Å². The van der Waals surface area contributed by atoms with Crippen molar-refractivity contribution in [2.45, 2.75) is 25.7 Å². The molecule has 0 aliphatic heterocycles. The van der Waals surface area contributed by atoms with Crippen LogP contribution in [-0.4, -0.2) is 22.8 Å². The maximum atomic E-state index is 12.9. The summed E-state index contributed by atoms with van der Waals surface area (Å²) in [5.41, 5.74) is 3.28. The third kappa shape index (κ3) is 2.28. The van der Waals surface area contributed by atoms with Crippen LogP contribution < -0.4 is 0 Å². The SMILES string of the molecule is Cc1ccc2c(c1)nnn2S(=O)(=O)c1cc(C)c(Cl)cc1C. The fourth-order valence-corrected chi connectivity index (χ4v) is 4.06. The van der Waals surface area contributed by atoms with Crippen LogP contribution in [0.1, 0.15) is 16.7 Å². The standard InChI is InChI=1S/C15H14ClN3O2S/c1-9-4-5-14-13(6-9)17-18-19(14)22(20,21)15-8-10(2)12(16)7-11(15)3/h4-8H,1-3H3. The fraction of sp³-hybridized carbons (Fsp3) is 0.200. The number of halogens is 1. The van der Waals surface area contributed by atoms with Gasteiger partial charge in [-0.05, 0) is 61.7 Å². The summed E-state index contributed by atoms with van der Waals surface area (Å²) < 4.78 is 26.8. The summed E-state index contributed by atoms with van der Waals surface area (Å²) in [5.74, 6) is 0. The Balaban J connectivity index is 2.27. The van der Waals surface area contributed by atoms with Gasteiger partial charge in [-0.15, -0.1) is 9.19 Å². The number of hydrogen-bond donors (Lipinski definition) is 0. The Morgan fingerprint density at radius 2 is 1.77 bits per heavy atom. The molecule has 0 amide bonds. The first kappa shape index (κ1) is 15.0. The van der Waals surface area contributed by atoms with E-state index in [1.807, 2.05) is 13.0 Å².